The Hall–Kier alpha value is -0.0817. The minimum Gasteiger partial charge on any atom is -0.444 e. The zero-order valence-corrected chi connectivity index (χ0v) is 13.9. The van der Waals surface area contributed by atoms with E-state index in [1.165, 1.54) is 0 Å². The van der Waals surface area contributed by atoms with Gasteiger partial charge in [-0.25, -0.2) is 4.79 Å². The van der Waals surface area contributed by atoms with Crippen LogP contribution in [0.2, 0.25) is 0 Å². The van der Waals surface area contributed by atoms with Crippen LogP contribution in [0.25, 0.3) is 0 Å². The van der Waals surface area contributed by atoms with Gasteiger partial charge in [-0.2, -0.15) is 6.42 Å². The van der Waals surface area contributed by atoms with Gasteiger partial charge in [0.05, 0.1) is 0 Å². The predicted octanol–water partition coefficient (Wildman–Crippen LogP) is 2.03. The zero-order chi connectivity index (χ0) is 11.5. The number of hydrogen-bond acceptors (Lipinski definition) is 2. The minimum atomic E-state index is -0.389. The van der Waals surface area contributed by atoms with Crippen LogP contribution in [-0.2, 0) is 25.8 Å². The second kappa shape index (κ2) is 8.10. The fourth-order valence-corrected chi connectivity index (χ4v) is 1.73. The summed E-state index contributed by atoms with van der Waals surface area (Å²) in [6.45, 7) is 11.2. The van der Waals surface area contributed by atoms with Gasteiger partial charge in [-0.15, -0.1) is 0 Å². The summed E-state index contributed by atoms with van der Waals surface area (Å²) >= 11 is 0. The van der Waals surface area contributed by atoms with Crippen LogP contribution in [0.4, 0.5) is 4.79 Å². The van der Waals surface area contributed by atoms with Crippen molar-refractivity contribution in [3.63, 3.8) is 0 Å². The molecule has 0 aromatic heterocycles. The van der Waals surface area contributed by atoms with Crippen molar-refractivity contribution in [2.75, 3.05) is 13.1 Å². The summed E-state index contributed by atoms with van der Waals surface area (Å²) < 4.78 is 5.32. The van der Waals surface area contributed by atoms with Crippen LogP contribution >= 0.6 is 0 Å². The number of ether oxygens (including phenoxy) is 1. The molecule has 0 aromatic rings. The molecule has 102 valence electrons. The van der Waals surface area contributed by atoms with Gasteiger partial charge in [0.25, 0.3) is 0 Å². The molecule has 0 spiro atoms. The van der Waals surface area contributed by atoms with Gasteiger partial charge < -0.3 is 22.0 Å². The fourth-order valence-electron chi connectivity index (χ4n) is 1.73. The molecule has 1 heterocycles. The molecule has 1 saturated heterocycles. The van der Waals surface area contributed by atoms with Crippen molar-refractivity contribution in [3.8, 4) is 0 Å². The Morgan fingerprint density at radius 3 is 2.18 bits per heavy atom. The van der Waals surface area contributed by atoms with Gasteiger partial charge >= 0.3 is 6.09 Å². The largest absolute Gasteiger partial charge is 0.444 e. The van der Waals surface area contributed by atoms with Gasteiger partial charge in [0.15, 0.2) is 0 Å². The zero-order valence-electron chi connectivity index (χ0n) is 11.0. The smallest absolute Gasteiger partial charge is 0.410 e. The van der Waals surface area contributed by atoms with E-state index in [4.69, 9.17) is 4.74 Å². The summed E-state index contributed by atoms with van der Waals surface area (Å²) in [5.74, 6) is 0.684. The second-order valence-electron chi connectivity index (χ2n) is 5.20. The molecule has 0 saturated carbocycles. The molecule has 0 aromatic carbocycles. The SMILES string of the molecule is O.[CH2-]CC1CCN(C(=O)OC(C)(C)C)CC1.[W]. The van der Waals surface area contributed by atoms with E-state index < -0.39 is 0 Å². The molecular weight excluding hydrogens is 390 g/mol. The molecule has 0 atom stereocenters. The molecule has 17 heavy (non-hydrogen) atoms. The van der Waals surface area contributed by atoms with Crippen molar-refractivity contribution in [2.45, 2.75) is 45.6 Å². The first-order valence-electron chi connectivity index (χ1n) is 5.69. The first-order valence-corrected chi connectivity index (χ1v) is 5.69. The van der Waals surface area contributed by atoms with Crippen LogP contribution in [-0.4, -0.2) is 35.2 Å². The monoisotopic (exact) mass is 414 g/mol. The quantitative estimate of drug-likeness (QED) is 0.617. The summed E-state index contributed by atoms with van der Waals surface area (Å²) in [4.78, 5) is 13.5. The molecule has 1 aliphatic heterocycles. The summed E-state index contributed by atoms with van der Waals surface area (Å²) in [6, 6.07) is 0. The third kappa shape index (κ3) is 7.05. The van der Waals surface area contributed by atoms with Crippen LogP contribution in [0.1, 0.15) is 40.0 Å². The molecule has 1 aliphatic rings. The number of likely N-dealkylation sites (tertiary alicyclic amines) is 1. The van der Waals surface area contributed by atoms with Gasteiger partial charge in [0.1, 0.15) is 5.60 Å². The third-order valence-corrected chi connectivity index (χ3v) is 2.67. The van der Waals surface area contributed by atoms with Crippen molar-refractivity contribution in [1.82, 2.24) is 4.90 Å². The van der Waals surface area contributed by atoms with E-state index in [1.54, 1.807) is 4.90 Å². The van der Waals surface area contributed by atoms with E-state index in [1.807, 2.05) is 20.8 Å². The summed E-state index contributed by atoms with van der Waals surface area (Å²) in [7, 11) is 0. The molecule has 4 nitrogen and oxygen atoms in total. The molecule has 1 fully saturated rings. The average Bonchev–Trinajstić information content (AvgIpc) is 2.15. The van der Waals surface area contributed by atoms with Gasteiger partial charge in [-0.05, 0) is 33.6 Å². The molecule has 0 aliphatic carbocycles. The number of carbonyl (C=O) groups excluding carboxylic acids is 1. The van der Waals surface area contributed by atoms with Gasteiger partial charge in [-0.1, -0.05) is 5.92 Å². The normalized spacial score (nSPS) is 16.8. The minimum absolute atomic E-state index is 0. The molecule has 1 amide bonds. The number of nitrogens with zero attached hydrogens (tertiary/aromatic N) is 1. The number of rotatable bonds is 1. The molecule has 0 unspecified atom stereocenters. The van der Waals surface area contributed by atoms with E-state index in [9.17, 15) is 4.79 Å². The topological polar surface area (TPSA) is 61.0 Å². The van der Waals surface area contributed by atoms with Crippen molar-refractivity contribution in [1.29, 1.82) is 0 Å². The Labute approximate surface area is 119 Å². The Kier molecular flexibility index (Phi) is 9.17. The number of carbonyl (C=O) groups is 1. The fraction of sp³-hybridized carbons (Fsp3) is 0.833. The van der Waals surface area contributed by atoms with Crippen LogP contribution in [0.5, 0.6) is 0 Å². The average molecular weight is 414 g/mol. The number of piperidine rings is 1. The predicted molar refractivity (Wildman–Crippen MR) is 64.1 cm³/mol. The number of amides is 1. The van der Waals surface area contributed by atoms with Crippen LogP contribution < -0.4 is 0 Å². The Morgan fingerprint density at radius 2 is 1.82 bits per heavy atom. The summed E-state index contributed by atoms with van der Waals surface area (Å²) in [6.07, 6.45) is 2.92. The van der Waals surface area contributed by atoms with E-state index in [-0.39, 0.29) is 38.2 Å². The molecule has 0 bridgehead atoms. The van der Waals surface area contributed by atoms with Crippen LogP contribution in [0.15, 0.2) is 0 Å². The molecule has 0 radical (unpaired) electrons. The maximum absolute atomic E-state index is 11.7. The molecular formula is C12H24NO3W-. The van der Waals surface area contributed by atoms with Gasteiger partial charge in [0.2, 0.25) is 0 Å². The molecule has 2 N–H and O–H groups in total. The summed E-state index contributed by atoms with van der Waals surface area (Å²) in [5, 5.41) is 0. The van der Waals surface area contributed by atoms with Crippen molar-refractivity contribution in [3.05, 3.63) is 6.92 Å². The Morgan fingerprint density at radius 1 is 1.35 bits per heavy atom. The van der Waals surface area contributed by atoms with Crippen LogP contribution in [0, 0.1) is 12.8 Å². The van der Waals surface area contributed by atoms with Gasteiger partial charge in [-0.3, -0.25) is 0 Å². The van der Waals surface area contributed by atoms with E-state index in [0.717, 1.165) is 32.4 Å². The Bertz CT molecular complexity index is 220. The third-order valence-electron chi connectivity index (χ3n) is 2.67. The van der Waals surface area contributed by atoms with E-state index in [2.05, 4.69) is 6.92 Å². The standard InChI is InChI=1S/C12H22NO2.H2O.W/c1-5-10-6-8-13(9-7-10)11(14)15-12(2,3)4;;/h10H,1,5-9H2,2-4H3;1H2;/q-1;;. The van der Waals surface area contributed by atoms with Crippen LogP contribution in [0.3, 0.4) is 0 Å². The van der Waals surface area contributed by atoms with E-state index in [0.29, 0.717) is 5.92 Å². The van der Waals surface area contributed by atoms with E-state index >= 15 is 0 Å². The van der Waals surface area contributed by atoms with Crippen molar-refractivity contribution < 1.29 is 36.1 Å². The second-order valence-corrected chi connectivity index (χ2v) is 5.20. The van der Waals surface area contributed by atoms with Crippen molar-refractivity contribution >= 4 is 6.09 Å². The first kappa shape index (κ1) is 19.3. The maximum Gasteiger partial charge on any atom is 0.410 e. The molecule has 5 heteroatoms. The maximum atomic E-state index is 11.7. The Balaban J connectivity index is 0. The van der Waals surface area contributed by atoms with Crippen molar-refractivity contribution in [2.24, 2.45) is 5.92 Å². The summed E-state index contributed by atoms with van der Waals surface area (Å²) in [5.41, 5.74) is -0.389. The van der Waals surface area contributed by atoms with Gasteiger partial charge in [0, 0.05) is 34.2 Å². The first-order chi connectivity index (χ1) is 6.92. The molecule has 1 rings (SSSR count). The number of hydrogen-bond donors (Lipinski definition) is 0.